The Hall–Kier alpha value is -2.67. The topological polar surface area (TPSA) is 88.4 Å². The van der Waals surface area contributed by atoms with Gasteiger partial charge in [-0.15, -0.1) is 0 Å². The van der Waals surface area contributed by atoms with Crippen molar-refractivity contribution >= 4 is 5.95 Å². The molecule has 0 bridgehead atoms. The molecule has 1 N–H and O–H groups in total. The van der Waals surface area contributed by atoms with Gasteiger partial charge in [0.05, 0.1) is 29.3 Å². The summed E-state index contributed by atoms with van der Waals surface area (Å²) in [5, 5.41) is 13.9. The number of aryl methyl sites for hydroxylation is 2. The van der Waals surface area contributed by atoms with E-state index < -0.39 is 0 Å². The number of β-amino-alcohol motifs (C(OH)–C–C–N with tert-alkyl or cyclic N) is 1. The molecule has 4 heterocycles. The first-order valence-corrected chi connectivity index (χ1v) is 8.40. The highest BCUT2D eigenvalue weighted by Crippen LogP contribution is 2.34. The van der Waals surface area contributed by atoms with Gasteiger partial charge < -0.3 is 18.9 Å². The molecule has 0 saturated carbocycles. The lowest BCUT2D eigenvalue weighted by Crippen LogP contribution is -2.39. The lowest BCUT2D eigenvalue weighted by atomic mass is 10.1. The van der Waals surface area contributed by atoms with Crippen molar-refractivity contribution in [1.29, 1.82) is 0 Å². The number of hydrogen-bond acceptors (Lipinski definition) is 7. The van der Waals surface area contributed by atoms with E-state index in [9.17, 15) is 5.11 Å². The predicted molar refractivity (Wildman–Crippen MR) is 92.2 cm³/mol. The van der Waals surface area contributed by atoms with Crippen molar-refractivity contribution in [3.8, 4) is 22.6 Å². The highest BCUT2D eigenvalue weighted by molar-refractivity contribution is 5.79. The highest BCUT2D eigenvalue weighted by Gasteiger charge is 2.23. The Kier molecular flexibility index (Phi) is 4.01. The van der Waals surface area contributed by atoms with Crippen molar-refractivity contribution in [3.63, 3.8) is 0 Å². The van der Waals surface area contributed by atoms with E-state index in [0.717, 1.165) is 47.7 Å². The van der Waals surface area contributed by atoms with Crippen LogP contribution in [0.1, 0.15) is 24.3 Å². The molecule has 1 saturated heterocycles. The molecule has 0 spiro atoms. The molecule has 0 unspecified atom stereocenters. The van der Waals surface area contributed by atoms with Gasteiger partial charge in [-0.25, -0.2) is 9.97 Å². The van der Waals surface area contributed by atoms with Gasteiger partial charge in [0.2, 0.25) is 5.95 Å². The Labute approximate surface area is 145 Å². The number of furan rings is 1. The average molecular weight is 340 g/mol. The summed E-state index contributed by atoms with van der Waals surface area (Å²) in [5.41, 5.74) is 3.21. The molecule has 0 aromatic carbocycles. The van der Waals surface area contributed by atoms with Gasteiger partial charge in [0.1, 0.15) is 5.76 Å². The molecular weight excluding hydrogens is 320 g/mol. The molecule has 1 fully saturated rings. The number of anilines is 1. The normalized spacial score (nSPS) is 17.9. The molecule has 4 rings (SSSR count). The number of aromatic nitrogens is 3. The summed E-state index contributed by atoms with van der Waals surface area (Å²) in [5.74, 6) is 2.01. The third-order valence-electron chi connectivity index (χ3n) is 4.46. The minimum atomic E-state index is -0.340. The average Bonchev–Trinajstić information content (AvgIpc) is 3.22. The van der Waals surface area contributed by atoms with Crippen molar-refractivity contribution in [3.05, 3.63) is 36.0 Å². The molecule has 3 aromatic heterocycles. The molecule has 1 aliphatic rings. The van der Waals surface area contributed by atoms with Crippen molar-refractivity contribution in [1.82, 2.24) is 15.1 Å². The summed E-state index contributed by atoms with van der Waals surface area (Å²) >= 11 is 0. The van der Waals surface area contributed by atoms with E-state index in [1.165, 1.54) is 0 Å². The maximum absolute atomic E-state index is 9.94. The molecule has 0 aliphatic carbocycles. The Morgan fingerprint density at radius 3 is 2.84 bits per heavy atom. The van der Waals surface area contributed by atoms with Crippen LogP contribution in [0.5, 0.6) is 0 Å². The summed E-state index contributed by atoms with van der Waals surface area (Å²) in [6.45, 7) is 5.16. The van der Waals surface area contributed by atoms with E-state index in [2.05, 4.69) is 10.1 Å². The first-order valence-electron chi connectivity index (χ1n) is 8.40. The number of nitrogens with zero attached hydrogens (tertiary/aromatic N) is 4. The summed E-state index contributed by atoms with van der Waals surface area (Å²) < 4.78 is 10.9. The van der Waals surface area contributed by atoms with Gasteiger partial charge in [-0.1, -0.05) is 5.16 Å². The van der Waals surface area contributed by atoms with Gasteiger partial charge in [-0.3, -0.25) is 0 Å². The number of aliphatic hydroxyl groups excluding tert-OH is 1. The van der Waals surface area contributed by atoms with Crippen molar-refractivity contribution in [2.45, 2.75) is 32.8 Å². The zero-order valence-electron chi connectivity index (χ0n) is 14.3. The smallest absolute Gasteiger partial charge is 0.225 e. The van der Waals surface area contributed by atoms with Crippen LogP contribution in [-0.4, -0.2) is 39.4 Å². The third-order valence-corrected chi connectivity index (χ3v) is 4.46. The Balaban J connectivity index is 1.81. The minimum Gasteiger partial charge on any atom is -0.469 e. The van der Waals surface area contributed by atoms with Crippen molar-refractivity contribution in [2.75, 3.05) is 18.0 Å². The standard InChI is InChI=1S/C18H20N4O3/c1-11-8-16(25-21-11)15-9-19-18(22-6-3-4-13(23)10-22)20-17(15)14-5-7-24-12(14)2/h5,7-9,13,23H,3-4,6,10H2,1-2H3/t13-/m0/s1. The second kappa shape index (κ2) is 6.33. The van der Waals surface area contributed by atoms with Crippen LogP contribution in [0.4, 0.5) is 5.95 Å². The quantitative estimate of drug-likeness (QED) is 0.784. The van der Waals surface area contributed by atoms with Gasteiger partial charge >= 0.3 is 0 Å². The number of aliphatic hydroxyl groups is 1. The maximum Gasteiger partial charge on any atom is 0.225 e. The Morgan fingerprint density at radius 1 is 1.28 bits per heavy atom. The Morgan fingerprint density at radius 2 is 2.16 bits per heavy atom. The molecule has 0 radical (unpaired) electrons. The van der Waals surface area contributed by atoms with Gasteiger partial charge in [0, 0.05) is 30.9 Å². The van der Waals surface area contributed by atoms with Crippen LogP contribution in [0.3, 0.4) is 0 Å². The number of hydrogen-bond donors (Lipinski definition) is 1. The van der Waals surface area contributed by atoms with Gasteiger partial charge in [-0.05, 0) is 32.8 Å². The SMILES string of the molecule is Cc1cc(-c2cnc(N3CCC[C@H](O)C3)nc2-c2ccoc2C)on1. The minimum absolute atomic E-state index is 0.340. The molecular formula is C18H20N4O3. The summed E-state index contributed by atoms with van der Waals surface area (Å²) in [4.78, 5) is 11.3. The zero-order valence-corrected chi connectivity index (χ0v) is 14.3. The molecule has 1 atom stereocenters. The molecule has 25 heavy (non-hydrogen) atoms. The Bertz CT molecular complexity index is 886. The number of rotatable bonds is 3. The number of piperidine rings is 1. The van der Waals surface area contributed by atoms with Crippen LogP contribution in [0.15, 0.2) is 33.5 Å². The highest BCUT2D eigenvalue weighted by atomic mass is 16.5. The lowest BCUT2D eigenvalue weighted by Gasteiger charge is -2.30. The van der Waals surface area contributed by atoms with E-state index >= 15 is 0 Å². The third kappa shape index (κ3) is 3.02. The summed E-state index contributed by atoms with van der Waals surface area (Å²) in [6, 6.07) is 3.75. The van der Waals surface area contributed by atoms with Crippen LogP contribution in [0.2, 0.25) is 0 Å². The second-order valence-electron chi connectivity index (χ2n) is 6.40. The van der Waals surface area contributed by atoms with E-state index in [0.29, 0.717) is 18.3 Å². The largest absolute Gasteiger partial charge is 0.469 e. The van der Waals surface area contributed by atoms with Gasteiger partial charge in [0.15, 0.2) is 5.76 Å². The van der Waals surface area contributed by atoms with Crippen LogP contribution in [0.25, 0.3) is 22.6 Å². The predicted octanol–water partition coefficient (Wildman–Crippen LogP) is 2.97. The van der Waals surface area contributed by atoms with Crippen LogP contribution in [0, 0.1) is 13.8 Å². The van der Waals surface area contributed by atoms with Crippen molar-refractivity contribution in [2.24, 2.45) is 0 Å². The monoisotopic (exact) mass is 340 g/mol. The van der Waals surface area contributed by atoms with Crippen molar-refractivity contribution < 1.29 is 14.0 Å². The fourth-order valence-corrected chi connectivity index (χ4v) is 3.17. The van der Waals surface area contributed by atoms with E-state index in [1.54, 1.807) is 12.5 Å². The first kappa shape index (κ1) is 15.8. The lowest BCUT2D eigenvalue weighted by molar-refractivity contribution is 0.153. The summed E-state index contributed by atoms with van der Waals surface area (Å²) in [7, 11) is 0. The van der Waals surface area contributed by atoms with E-state index in [4.69, 9.17) is 13.9 Å². The molecule has 7 nitrogen and oxygen atoms in total. The van der Waals surface area contributed by atoms with Crippen LogP contribution >= 0.6 is 0 Å². The fourth-order valence-electron chi connectivity index (χ4n) is 3.17. The second-order valence-corrected chi connectivity index (χ2v) is 6.40. The maximum atomic E-state index is 9.94. The first-order chi connectivity index (χ1) is 12.1. The van der Waals surface area contributed by atoms with Gasteiger partial charge in [0.25, 0.3) is 0 Å². The van der Waals surface area contributed by atoms with E-state index in [-0.39, 0.29) is 6.10 Å². The fraction of sp³-hybridized carbons (Fsp3) is 0.389. The van der Waals surface area contributed by atoms with Gasteiger partial charge in [-0.2, -0.15) is 0 Å². The molecule has 130 valence electrons. The summed E-state index contributed by atoms with van der Waals surface area (Å²) in [6.07, 6.45) is 4.80. The molecule has 3 aromatic rings. The van der Waals surface area contributed by atoms with Crippen LogP contribution < -0.4 is 4.90 Å². The molecule has 7 heteroatoms. The molecule has 1 aliphatic heterocycles. The van der Waals surface area contributed by atoms with E-state index in [1.807, 2.05) is 30.9 Å². The van der Waals surface area contributed by atoms with Crippen LogP contribution in [-0.2, 0) is 0 Å². The molecule has 0 amide bonds. The zero-order chi connectivity index (χ0) is 17.4.